The fourth-order valence-electron chi connectivity index (χ4n) is 2.59. The van der Waals surface area contributed by atoms with Gasteiger partial charge in [0.2, 0.25) is 0 Å². The fraction of sp³-hybridized carbons (Fsp3) is 0.600. The van der Waals surface area contributed by atoms with Gasteiger partial charge in [-0.3, -0.25) is 0 Å². The Morgan fingerprint density at radius 2 is 2.12 bits per heavy atom. The van der Waals surface area contributed by atoms with E-state index in [2.05, 4.69) is 44.3 Å². The van der Waals surface area contributed by atoms with Gasteiger partial charge in [-0.1, -0.05) is 25.1 Å². The van der Waals surface area contributed by atoms with Crippen LogP contribution in [-0.4, -0.2) is 23.8 Å². The van der Waals surface area contributed by atoms with E-state index in [9.17, 15) is 5.11 Å². The molecular formula is C15H23NO. The summed E-state index contributed by atoms with van der Waals surface area (Å²) in [4.78, 5) is 0. The van der Waals surface area contributed by atoms with Gasteiger partial charge in [0.1, 0.15) is 0 Å². The van der Waals surface area contributed by atoms with Gasteiger partial charge in [-0.15, -0.1) is 0 Å². The van der Waals surface area contributed by atoms with Crippen molar-refractivity contribution < 1.29 is 5.11 Å². The quantitative estimate of drug-likeness (QED) is 0.821. The largest absolute Gasteiger partial charge is 0.389 e. The molecule has 2 unspecified atom stereocenters. The molecular weight excluding hydrogens is 210 g/mol. The normalized spacial score (nSPS) is 29.3. The summed E-state index contributed by atoms with van der Waals surface area (Å²) in [6.07, 6.45) is 1.62. The van der Waals surface area contributed by atoms with Crippen molar-refractivity contribution in [3.63, 3.8) is 0 Å². The van der Waals surface area contributed by atoms with Gasteiger partial charge < -0.3 is 10.4 Å². The number of aliphatic hydroxyl groups is 1. The maximum atomic E-state index is 10.7. The van der Waals surface area contributed by atoms with Gasteiger partial charge in [0.15, 0.2) is 0 Å². The Morgan fingerprint density at radius 1 is 1.35 bits per heavy atom. The van der Waals surface area contributed by atoms with Crippen LogP contribution in [-0.2, 0) is 6.42 Å². The highest BCUT2D eigenvalue weighted by molar-refractivity contribution is 5.31. The molecule has 17 heavy (non-hydrogen) atoms. The summed E-state index contributed by atoms with van der Waals surface area (Å²) in [5, 5.41) is 14.0. The molecule has 2 atom stereocenters. The van der Waals surface area contributed by atoms with Gasteiger partial charge in [-0.25, -0.2) is 0 Å². The van der Waals surface area contributed by atoms with Gasteiger partial charge >= 0.3 is 0 Å². The molecule has 2 heteroatoms. The Balaban J connectivity index is 2.16. The number of hydrogen-bond donors (Lipinski definition) is 2. The monoisotopic (exact) mass is 233 g/mol. The topological polar surface area (TPSA) is 32.3 Å². The second-order valence-corrected chi connectivity index (χ2v) is 5.55. The zero-order chi connectivity index (χ0) is 12.5. The zero-order valence-electron chi connectivity index (χ0n) is 11.1. The van der Waals surface area contributed by atoms with Crippen LogP contribution >= 0.6 is 0 Å². The van der Waals surface area contributed by atoms with Crippen LogP contribution in [0.1, 0.15) is 30.0 Å². The zero-order valence-corrected chi connectivity index (χ0v) is 11.1. The molecule has 1 aliphatic heterocycles. The lowest BCUT2D eigenvalue weighted by atomic mass is 9.78. The van der Waals surface area contributed by atoms with E-state index in [1.54, 1.807) is 0 Å². The summed E-state index contributed by atoms with van der Waals surface area (Å²) in [6.45, 7) is 8.23. The fourth-order valence-corrected chi connectivity index (χ4v) is 2.59. The van der Waals surface area contributed by atoms with Crippen LogP contribution in [0.3, 0.4) is 0 Å². The minimum atomic E-state index is -0.535. The third-order valence-corrected chi connectivity index (χ3v) is 4.18. The maximum Gasteiger partial charge on any atom is 0.0737 e. The molecule has 0 aromatic heterocycles. The van der Waals surface area contributed by atoms with E-state index in [0.717, 1.165) is 25.9 Å². The number of hydrogen-bond acceptors (Lipinski definition) is 2. The molecule has 1 aromatic rings. The molecule has 0 bridgehead atoms. The number of aryl methyl sites for hydroxylation is 2. The third kappa shape index (κ3) is 2.70. The van der Waals surface area contributed by atoms with E-state index in [1.165, 1.54) is 16.7 Å². The van der Waals surface area contributed by atoms with Gasteiger partial charge in [0, 0.05) is 13.0 Å². The second-order valence-electron chi connectivity index (χ2n) is 5.55. The number of benzene rings is 1. The smallest absolute Gasteiger partial charge is 0.0737 e. The Morgan fingerprint density at radius 3 is 2.76 bits per heavy atom. The summed E-state index contributed by atoms with van der Waals surface area (Å²) in [6, 6.07) is 6.51. The van der Waals surface area contributed by atoms with Crippen molar-refractivity contribution >= 4 is 0 Å². The Kier molecular flexibility index (Phi) is 3.55. The van der Waals surface area contributed by atoms with E-state index in [1.807, 2.05) is 0 Å². The van der Waals surface area contributed by atoms with Crippen molar-refractivity contribution in [1.82, 2.24) is 5.32 Å². The molecule has 0 spiro atoms. The van der Waals surface area contributed by atoms with Gasteiger partial charge in [-0.2, -0.15) is 0 Å². The lowest BCUT2D eigenvalue weighted by molar-refractivity contribution is -0.0329. The highest BCUT2D eigenvalue weighted by Crippen LogP contribution is 2.28. The second kappa shape index (κ2) is 4.79. The summed E-state index contributed by atoms with van der Waals surface area (Å²) in [7, 11) is 0. The van der Waals surface area contributed by atoms with Crippen LogP contribution in [0.2, 0.25) is 0 Å². The van der Waals surface area contributed by atoms with Gasteiger partial charge in [0.25, 0.3) is 0 Å². The van der Waals surface area contributed by atoms with Crippen LogP contribution < -0.4 is 5.32 Å². The Bertz CT molecular complexity index is 402. The predicted molar refractivity (Wildman–Crippen MR) is 71.2 cm³/mol. The van der Waals surface area contributed by atoms with Crippen molar-refractivity contribution in [1.29, 1.82) is 0 Å². The molecule has 0 aliphatic carbocycles. The van der Waals surface area contributed by atoms with Gasteiger partial charge in [0.05, 0.1) is 5.60 Å². The Hall–Kier alpha value is -0.860. The lowest BCUT2D eigenvalue weighted by Crippen LogP contribution is -2.50. The first kappa shape index (κ1) is 12.6. The number of rotatable bonds is 2. The molecule has 0 radical (unpaired) electrons. The summed E-state index contributed by atoms with van der Waals surface area (Å²) in [5.41, 5.74) is 3.35. The summed E-state index contributed by atoms with van der Waals surface area (Å²) >= 11 is 0. The van der Waals surface area contributed by atoms with Crippen molar-refractivity contribution in [2.75, 3.05) is 13.1 Å². The Labute approximate surface area is 104 Å². The molecule has 1 aliphatic rings. The highest BCUT2D eigenvalue weighted by atomic mass is 16.3. The number of nitrogens with one attached hydrogen (secondary N) is 1. The first-order valence-electron chi connectivity index (χ1n) is 6.50. The maximum absolute atomic E-state index is 10.7. The summed E-state index contributed by atoms with van der Waals surface area (Å²) in [5.74, 6) is 0.317. The predicted octanol–water partition coefficient (Wildman–Crippen LogP) is 2.21. The molecule has 1 aromatic carbocycles. The number of piperidine rings is 1. The van der Waals surface area contributed by atoms with Crippen LogP contribution in [0.5, 0.6) is 0 Å². The van der Waals surface area contributed by atoms with E-state index >= 15 is 0 Å². The SMILES string of the molecule is Cc1ccc(CC2(O)CCNCC2C)cc1C. The molecule has 0 amide bonds. The van der Waals surface area contributed by atoms with Crippen molar-refractivity contribution in [3.05, 3.63) is 34.9 Å². The molecule has 0 saturated carbocycles. The molecule has 1 saturated heterocycles. The molecule has 1 heterocycles. The lowest BCUT2D eigenvalue weighted by Gasteiger charge is -2.38. The van der Waals surface area contributed by atoms with E-state index in [-0.39, 0.29) is 0 Å². The van der Waals surface area contributed by atoms with Crippen molar-refractivity contribution in [2.24, 2.45) is 5.92 Å². The first-order valence-corrected chi connectivity index (χ1v) is 6.50. The third-order valence-electron chi connectivity index (χ3n) is 4.18. The molecule has 94 valence electrons. The molecule has 2 rings (SSSR count). The first-order chi connectivity index (χ1) is 8.01. The van der Waals surface area contributed by atoms with Crippen molar-refractivity contribution in [2.45, 2.75) is 39.2 Å². The highest BCUT2D eigenvalue weighted by Gasteiger charge is 2.35. The van der Waals surface area contributed by atoms with E-state index < -0.39 is 5.60 Å². The molecule has 1 fully saturated rings. The van der Waals surface area contributed by atoms with Crippen molar-refractivity contribution in [3.8, 4) is 0 Å². The van der Waals surface area contributed by atoms with Crippen LogP contribution in [0.15, 0.2) is 18.2 Å². The van der Waals surface area contributed by atoms with Crippen LogP contribution in [0, 0.1) is 19.8 Å². The average molecular weight is 233 g/mol. The van der Waals surface area contributed by atoms with Crippen LogP contribution in [0.25, 0.3) is 0 Å². The molecule has 2 N–H and O–H groups in total. The summed E-state index contributed by atoms with van der Waals surface area (Å²) < 4.78 is 0. The average Bonchev–Trinajstić information content (AvgIpc) is 2.28. The minimum absolute atomic E-state index is 0.317. The van der Waals surface area contributed by atoms with E-state index in [0.29, 0.717) is 5.92 Å². The standard InChI is InChI=1S/C15H23NO/c1-11-4-5-14(8-12(11)2)9-15(17)6-7-16-10-13(15)3/h4-5,8,13,16-17H,6-7,9-10H2,1-3H3. The van der Waals surface area contributed by atoms with Crippen LogP contribution in [0.4, 0.5) is 0 Å². The van der Waals surface area contributed by atoms with Gasteiger partial charge in [-0.05, 0) is 49.4 Å². The minimum Gasteiger partial charge on any atom is -0.389 e. The molecule has 2 nitrogen and oxygen atoms in total. The van der Waals surface area contributed by atoms with E-state index in [4.69, 9.17) is 0 Å².